The van der Waals surface area contributed by atoms with Gasteiger partial charge in [-0.15, -0.1) is 0 Å². The van der Waals surface area contributed by atoms with E-state index in [9.17, 15) is 13.2 Å². The van der Waals surface area contributed by atoms with E-state index in [-0.39, 0.29) is 18.1 Å². The summed E-state index contributed by atoms with van der Waals surface area (Å²) in [6.07, 6.45) is 0.321. The Balaban J connectivity index is 1.59. The van der Waals surface area contributed by atoms with Crippen molar-refractivity contribution in [2.75, 3.05) is 31.2 Å². The van der Waals surface area contributed by atoms with Crippen molar-refractivity contribution >= 4 is 5.69 Å². The van der Waals surface area contributed by atoms with Crippen LogP contribution in [0.2, 0.25) is 0 Å². The van der Waals surface area contributed by atoms with E-state index in [0.29, 0.717) is 37.7 Å². The minimum absolute atomic E-state index is 0.147. The fourth-order valence-corrected chi connectivity index (χ4v) is 3.64. The SMILES string of the molecule is N#Cc1ccc(N2CCC(c3ccc(OCCCCO)nc3)CC2)cc1C(F)(F)F. The van der Waals surface area contributed by atoms with Crippen molar-refractivity contribution in [3.05, 3.63) is 53.2 Å². The average molecular weight is 419 g/mol. The number of piperidine rings is 1. The van der Waals surface area contributed by atoms with Crippen molar-refractivity contribution in [2.45, 2.75) is 37.8 Å². The predicted molar refractivity (Wildman–Crippen MR) is 106 cm³/mol. The molecule has 0 spiro atoms. The van der Waals surface area contributed by atoms with E-state index < -0.39 is 11.7 Å². The first kappa shape index (κ1) is 21.9. The largest absolute Gasteiger partial charge is 0.478 e. The number of alkyl halides is 3. The van der Waals surface area contributed by atoms with Crippen LogP contribution in [-0.4, -0.2) is 36.4 Å². The van der Waals surface area contributed by atoms with Crippen LogP contribution in [0.4, 0.5) is 18.9 Å². The molecule has 1 fully saturated rings. The summed E-state index contributed by atoms with van der Waals surface area (Å²) in [5, 5.41) is 17.7. The Morgan fingerprint density at radius 3 is 2.53 bits per heavy atom. The molecule has 0 radical (unpaired) electrons. The topological polar surface area (TPSA) is 69.4 Å². The number of aromatic nitrogens is 1. The van der Waals surface area contributed by atoms with Crippen LogP contribution in [0.15, 0.2) is 36.5 Å². The Bertz CT molecular complexity index is 871. The molecule has 2 heterocycles. The van der Waals surface area contributed by atoms with Crippen molar-refractivity contribution in [1.82, 2.24) is 4.98 Å². The van der Waals surface area contributed by atoms with Crippen LogP contribution in [0.1, 0.15) is 48.3 Å². The zero-order valence-corrected chi connectivity index (χ0v) is 16.5. The highest BCUT2D eigenvalue weighted by molar-refractivity contribution is 5.55. The summed E-state index contributed by atoms with van der Waals surface area (Å²) in [7, 11) is 0. The first-order chi connectivity index (χ1) is 14.4. The van der Waals surface area contributed by atoms with Crippen LogP contribution in [0.25, 0.3) is 0 Å². The molecular formula is C22H24F3N3O2. The Kier molecular flexibility index (Phi) is 7.16. The number of rotatable bonds is 7. The molecule has 1 N–H and O–H groups in total. The standard InChI is InChI=1S/C22H24F3N3O2/c23-22(24,25)20-13-19(5-3-17(20)14-26)28-9-7-16(8-10-28)18-4-6-21(27-15-18)30-12-2-1-11-29/h3-6,13,15-16,29H,1-2,7-12H2. The highest BCUT2D eigenvalue weighted by atomic mass is 19.4. The number of pyridine rings is 1. The summed E-state index contributed by atoms with van der Waals surface area (Å²) in [6, 6.07) is 9.33. The Hall–Kier alpha value is -2.79. The number of ether oxygens (including phenoxy) is 1. The molecule has 0 unspecified atom stereocenters. The molecular weight excluding hydrogens is 395 g/mol. The highest BCUT2D eigenvalue weighted by Gasteiger charge is 2.34. The first-order valence-corrected chi connectivity index (χ1v) is 9.98. The number of hydrogen-bond donors (Lipinski definition) is 1. The number of benzene rings is 1. The number of hydrogen-bond acceptors (Lipinski definition) is 5. The lowest BCUT2D eigenvalue weighted by Gasteiger charge is -2.34. The van der Waals surface area contributed by atoms with Gasteiger partial charge in [-0.2, -0.15) is 18.4 Å². The van der Waals surface area contributed by atoms with Crippen LogP contribution in [0.3, 0.4) is 0 Å². The first-order valence-electron chi connectivity index (χ1n) is 9.98. The number of anilines is 1. The fraction of sp³-hybridized carbons (Fsp3) is 0.455. The monoisotopic (exact) mass is 419 g/mol. The molecule has 1 saturated heterocycles. The van der Waals surface area contributed by atoms with Crippen LogP contribution in [0.5, 0.6) is 5.88 Å². The fourth-order valence-electron chi connectivity index (χ4n) is 3.64. The predicted octanol–water partition coefficient (Wildman–Crippen LogP) is 4.51. The average Bonchev–Trinajstić information content (AvgIpc) is 2.76. The van der Waals surface area contributed by atoms with Crippen LogP contribution < -0.4 is 9.64 Å². The second-order valence-corrected chi connectivity index (χ2v) is 7.31. The molecule has 8 heteroatoms. The number of aliphatic hydroxyl groups is 1. The second kappa shape index (κ2) is 9.81. The summed E-state index contributed by atoms with van der Waals surface area (Å²) in [6.45, 7) is 1.92. The van der Waals surface area contributed by atoms with Gasteiger partial charge in [0.25, 0.3) is 0 Å². The minimum atomic E-state index is -4.55. The summed E-state index contributed by atoms with van der Waals surface area (Å²) < 4.78 is 45.2. The Labute approximate surface area is 173 Å². The number of nitrogens with zero attached hydrogens (tertiary/aromatic N) is 3. The number of unbranched alkanes of at least 4 members (excludes halogenated alkanes) is 1. The molecule has 30 heavy (non-hydrogen) atoms. The van der Waals surface area contributed by atoms with Crippen molar-refractivity contribution in [1.29, 1.82) is 5.26 Å². The van der Waals surface area contributed by atoms with Crippen molar-refractivity contribution in [3.63, 3.8) is 0 Å². The summed E-state index contributed by atoms with van der Waals surface area (Å²) in [5.74, 6) is 0.837. The van der Waals surface area contributed by atoms with E-state index in [1.165, 1.54) is 6.07 Å². The van der Waals surface area contributed by atoms with Gasteiger partial charge < -0.3 is 14.7 Å². The van der Waals surface area contributed by atoms with E-state index in [4.69, 9.17) is 15.1 Å². The second-order valence-electron chi connectivity index (χ2n) is 7.31. The van der Waals surface area contributed by atoms with Gasteiger partial charge in [-0.3, -0.25) is 0 Å². The van der Waals surface area contributed by atoms with Gasteiger partial charge in [0.15, 0.2) is 0 Å². The maximum absolute atomic E-state index is 13.2. The zero-order chi connectivity index (χ0) is 21.6. The third-order valence-corrected chi connectivity index (χ3v) is 5.32. The summed E-state index contributed by atoms with van der Waals surface area (Å²) in [4.78, 5) is 6.26. The van der Waals surface area contributed by atoms with Gasteiger partial charge in [0, 0.05) is 37.6 Å². The summed E-state index contributed by atoms with van der Waals surface area (Å²) >= 11 is 0. The van der Waals surface area contributed by atoms with E-state index in [1.807, 2.05) is 17.0 Å². The molecule has 1 aromatic carbocycles. The van der Waals surface area contributed by atoms with E-state index in [2.05, 4.69) is 4.98 Å². The van der Waals surface area contributed by atoms with Gasteiger partial charge in [0.05, 0.1) is 23.8 Å². The Morgan fingerprint density at radius 1 is 1.17 bits per heavy atom. The maximum atomic E-state index is 13.2. The smallest absolute Gasteiger partial charge is 0.417 e. The summed E-state index contributed by atoms with van der Waals surface area (Å²) in [5.41, 5.74) is 0.340. The van der Waals surface area contributed by atoms with Gasteiger partial charge in [-0.05, 0) is 55.4 Å². The molecule has 2 aromatic rings. The highest BCUT2D eigenvalue weighted by Crippen LogP contribution is 2.36. The zero-order valence-electron chi connectivity index (χ0n) is 16.5. The van der Waals surface area contributed by atoms with Crippen molar-refractivity contribution in [2.24, 2.45) is 0 Å². The molecule has 5 nitrogen and oxygen atoms in total. The lowest BCUT2D eigenvalue weighted by atomic mass is 9.90. The van der Waals surface area contributed by atoms with Gasteiger partial charge in [0.2, 0.25) is 5.88 Å². The van der Waals surface area contributed by atoms with Crippen molar-refractivity contribution in [3.8, 4) is 11.9 Å². The molecule has 0 atom stereocenters. The van der Waals surface area contributed by atoms with Gasteiger partial charge >= 0.3 is 6.18 Å². The lowest BCUT2D eigenvalue weighted by Crippen LogP contribution is -2.33. The number of aliphatic hydroxyl groups excluding tert-OH is 1. The molecule has 0 saturated carbocycles. The molecule has 160 valence electrons. The molecule has 0 amide bonds. The third-order valence-electron chi connectivity index (χ3n) is 5.32. The number of nitriles is 1. The molecule has 0 aliphatic carbocycles. The van der Waals surface area contributed by atoms with E-state index in [0.717, 1.165) is 30.9 Å². The minimum Gasteiger partial charge on any atom is -0.478 e. The van der Waals surface area contributed by atoms with Crippen LogP contribution in [-0.2, 0) is 6.18 Å². The van der Waals surface area contributed by atoms with Gasteiger partial charge in [0.1, 0.15) is 0 Å². The van der Waals surface area contributed by atoms with Crippen LogP contribution >= 0.6 is 0 Å². The normalized spacial score (nSPS) is 15.1. The van der Waals surface area contributed by atoms with E-state index >= 15 is 0 Å². The van der Waals surface area contributed by atoms with E-state index in [1.54, 1.807) is 18.3 Å². The molecule has 1 aliphatic rings. The van der Waals surface area contributed by atoms with Crippen LogP contribution in [0, 0.1) is 11.3 Å². The number of halogens is 3. The molecule has 3 rings (SSSR count). The third kappa shape index (κ3) is 5.42. The molecule has 0 bridgehead atoms. The van der Waals surface area contributed by atoms with Crippen molar-refractivity contribution < 1.29 is 23.0 Å². The molecule has 1 aromatic heterocycles. The molecule has 1 aliphatic heterocycles. The van der Waals surface area contributed by atoms with Gasteiger partial charge in [-0.25, -0.2) is 4.98 Å². The Morgan fingerprint density at radius 2 is 1.93 bits per heavy atom. The maximum Gasteiger partial charge on any atom is 0.417 e. The quantitative estimate of drug-likeness (QED) is 0.669. The lowest BCUT2D eigenvalue weighted by molar-refractivity contribution is -0.137. The van der Waals surface area contributed by atoms with Gasteiger partial charge in [-0.1, -0.05) is 6.07 Å².